The van der Waals surface area contributed by atoms with Crippen molar-refractivity contribution in [1.29, 1.82) is 0 Å². The molecule has 0 saturated carbocycles. The molecule has 1 rings (SSSR count). The Morgan fingerprint density at radius 2 is 1.67 bits per heavy atom. The Labute approximate surface area is 89.3 Å². The SMILES string of the molecule is Cc1c(F)cc(F)c(C)c1C(C)CCN. The van der Waals surface area contributed by atoms with E-state index in [9.17, 15) is 8.78 Å². The van der Waals surface area contributed by atoms with E-state index in [2.05, 4.69) is 0 Å². The molecule has 0 bridgehead atoms. The van der Waals surface area contributed by atoms with Crippen LogP contribution in [-0.4, -0.2) is 6.54 Å². The van der Waals surface area contributed by atoms with Crippen molar-refractivity contribution in [3.05, 3.63) is 34.4 Å². The van der Waals surface area contributed by atoms with Gasteiger partial charge in [0.2, 0.25) is 0 Å². The van der Waals surface area contributed by atoms with Crippen LogP contribution in [0.5, 0.6) is 0 Å². The van der Waals surface area contributed by atoms with Crippen molar-refractivity contribution in [1.82, 2.24) is 0 Å². The lowest BCUT2D eigenvalue weighted by molar-refractivity contribution is 0.557. The van der Waals surface area contributed by atoms with Gasteiger partial charge in [0.1, 0.15) is 11.6 Å². The van der Waals surface area contributed by atoms with Crippen LogP contribution in [0.1, 0.15) is 36.0 Å². The van der Waals surface area contributed by atoms with Crippen LogP contribution in [0.3, 0.4) is 0 Å². The van der Waals surface area contributed by atoms with Crippen molar-refractivity contribution >= 4 is 0 Å². The van der Waals surface area contributed by atoms with Crippen LogP contribution in [0.4, 0.5) is 8.78 Å². The highest BCUT2D eigenvalue weighted by Crippen LogP contribution is 2.29. The molecule has 0 fully saturated rings. The maximum Gasteiger partial charge on any atom is 0.129 e. The first-order valence-corrected chi connectivity index (χ1v) is 5.14. The number of hydrogen-bond acceptors (Lipinski definition) is 1. The van der Waals surface area contributed by atoms with E-state index in [0.29, 0.717) is 17.7 Å². The van der Waals surface area contributed by atoms with E-state index in [1.54, 1.807) is 13.8 Å². The van der Waals surface area contributed by atoms with Crippen LogP contribution >= 0.6 is 0 Å². The molecule has 0 saturated heterocycles. The zero-order valence-electron chi connectivity index (χ0n) is 9.40. The van der Waals surface area contributed by atoms with Gasteiger partial charge >= 0.3 is 0 Å². The molecule has 0 aliphatic heterocycles. The van der Waals surface area contributed by atoms with Gasteiger partial charge in [0.25, 0.3) is 0 Å². The van der Waals surface area contributed by atoms with Gasteiger partial charge in [0.05, 0.1) is 0 Å². The summed E-state index contributed by atoms with van der Waals surface area (Å²) in [5.74, 6) is -0.853. The van der Waals surface area contributed by atoms with Crippen LogP contribution in [0.15, 0.2) is 6.07 Å². The first-order chi connectivity index (χ1) is 6.99. The summed E-state index contributed by atoms with van der Waals surface area (Å²) in [4.78, 5) is 0. The maximum atomic E-state index is 13.3. The summed E-state index contributed by atoms with van der Waals surface area (Å²) in [6.07, 6.45) is 0.741. The normalized spacial score (nSPS) is 12.9. The summed E-state index contributed by atoms with van der Waals surface area (Å²) < 4.78 is 26.7. The highest BCUT2D eigenvalue weighted by molar-refractivity contribution is 5.38. The van der Waals surface area contributed by atoms with Crippen molar-refractivity contribution in [2.45, 2.75) is 33.1 Å². The third-order valence-electron chi connectivity index (χ3n) is 2.87. The average molecular weight is 213 g/mol. The Morgan fingerprint density at radius 3 is 2.07 bits per heavy atom. The van der Waals surface area contributed by atoms with Crippen molar-refractivity contribution in [2.75, 3.05) is 6.54 Å². The van der Waals surface area contributed by atoms with Crippen LogP contribution < -0.4 is 5.73 Å². The predicted molar refractivity (Wildman–Crippen MR) is 57.9 cm³/mol. The number of benzene rings is 1. The second-order valence-corrected chi connectivity index (χ2v) is 3.98. The van der Waals surface area contributed by atoms with Crippen molar-refractivity contribution in [3.8, 4) is 0 Å². The van der Waals surface area contributed by atoms with Gasteiger partial charge in [-0.05, 0) is 49.4 Å². The molecule has 0 spiro atoms. The Hall–Kier alpha value is -0.960. The van der Waals surface area contributed by atoms with Crippen molar-refractivity contribution < 1.29 is 8.78 Å². The average Bonchev–Trinajstić information content (AvgIpc) is 2.16. The Morgan fingerprint density at radius 1 is 1.20 bits per heavy atom. The Kier molecular flexibility index (Phi) is 3.80. The van der Waals surface area contributed by atoms with Crippen molar-refractivity contribution in [3.63, 3.8) is 0 Å². The van der Waals surface area contributed by atoms with E-state index >= 15 is 0 Å². The molecule has 0 aliphatic carbocycles. The number of rotatable bonds is 3. The third-order valence-corrected chi connectivity index (χ3v) is 2.87. The summed E-state index contributed by atoms with van der Waals surface area (Å²) in [6.45, 7) is 5.84. The van der Waals surface area contributed by atoms with Gasteiger partial charge in [-0.25, -0.2) is 8.78 Å². The maximum absolute atomic E-state index is 13.3. The van der Waals surface area contributed by atoms with Gasteiger partial charge in [-0.3, -0.25) is 0 Å². The van der Waals surface area contributed by atoms with Crippen molar-refractivity contribution in [2.24, 2.45) is 5.73 Å². The topological polar surface area (TPSA) is 26.0 Å². The van der Waals surface area contributed by atoms with Gasteiger partial charge in [0.15, 0.2) is 0 Å². The molecule has 3 heteroatoms. The van der Waals surface area contributed by atoms with Crippen LogP contribution in [-0.2, 0) is 0 Å². The molecule has 2 N–H and O–H groups in total. The minimum Gasteiger partial charge on any atom is -0.330 e. The molecule has 15 heavy (non-hydrogen) atoms. The smallest absolute Gasteiger partial charge is 0.129 e. The molecule has 0 amide bonds. The molecular weight excluding hydrogens is 196 g/mol. The van der Waals surface area contributed by atoms with E-state index in [1.807, 2.05) is 6.92 Å². The van der Waals surface area contributed by atoms with E-state index in [4.69, 9.17) is 5.73 Å². The summed E-state index contributed by atoms with van der Waals surface area (Å²) in [5.41, 5.74) is 7.29. The van der Waals surface area contributed by atoms with Gasteiger partial charge in [0, 0.05) is 6.07 Å². The summed E-state index contributed by atoms with van der Waals surface area (Å²) in [5, 5.41) is 0. The summed E-state index contributed by atoms with van der Waals surface area (Å²) in [7, 11) is 0. The van der Waals surface area contributed by atoms with E-state index in [-0.39, 0.29) is 5.92 Å². The van der Waals surface area contributed by atoms with E-state index in [0.717, 1.165) is 18.1 Å². The van der Waals surface area contributed by atoms with Gasteiger partial charge < -0.3 is 5.73 Å². The second-order valence-electron chi connectivity index (χ2n) is 3.98. The fourth-order valence-electron chi connectivity index (χ4n) is 2.00. The van der Waals surface area contributed by atoms with E-state index in [1.165, 1.54) is 0 Å². The Balaban J connectivity index is 3.26. The Bertz CT molecular complexity index is 335. The summed E-state index contributed by atoms with van der Waals surface area (Å²) >= 11 is 0. The third kappa shape index (κ3) is 2.34. The number of halogens is 2. The van der Waals surface area contributed by atoms with Crippen LogP contribution in [0.25, 0.3) is 0 Å². The lowest BCUT2D eigenvalue weighted by Crippen LogP contribution is -2.09. The predicted octanol–water partition coefficient (Wildman–Crippen LogP) is 3.03. The lowest BCUT2D eigenvalue weighted by atomic mass is 9.89. The first-order valence-electron chi connectivity index (χ1n) is 5.14. The fourth-order valence-corrected chi connectivity index (χ4v) is 2.00. The molecule has 1 atom stereocenters. The number of hydrogen-bond donors (Lipinski definition) is 1. The largest absolute Gasteiger partial charge is 0.330 e. The second kappa shape index (κ2) is 4.71. The highest BCUT2D eigenvalue weighted by Gasteiger charge is 2.17. The fraction of sp³-hybridized carbons (Fsp3) is 0.500. The molecule has 84 valence electrons. The minimum absolute atomic E-state index is 0.0974. The standard InChI is InChI=1S/C12H17F2N/c1-7(4-5-15)12-8(2)10(13)6-11(14)9(12)3/h6-7H,4-5,15H2,1-3H3. The quantitative estimate of drug-likeness (QED) is 0.820. The molecule has 0 heterocycles. The van der Waals surface area contributed by atoms with Gasteiger partial charge in [-0.2, -0.15) is 0 Å². The van der Waals surface area contributed by atoms with Gasteiger partial charge in [-0.15, -0.1) is 0 Å². The van der Waals surface area contributed by atoms with Crippen LogP contribution in [0, 0.1) is 25.5 Å². The van der Waals surface area contributed by atoms with E-state index < -0.39 is 11.6 Å². The molecule has 0 aromatic heterocycles. The molecule has 1 nitrogen and oxygen atoms in total. The summed E-state index contributed by atoms with van der Waals surface area (Å²) in [6, 6.07) is 0.948. The lowest BCUT2D eigenvalue weighted by Gasteiger charge is -2.17. The van der Waals surface area contributed by atoms with Crippen LogP contribution in [0.2, 0.25) is 0 Å². The first kappa shape index (κ1) is 12.1. The minimum atomic E-state index is -0.475. The molecule has 1 aromatic rings. The zero-order valence-corrected chi connectivity index (χ0v) is 9.40. The monoisotopic (exact) mass is 213 g/mol. The molecule has 0 aliphatic rings. The zero-order chi connectivity index (χ0) is 11.6. The van der Waals surface area contributed by atoms with Gasteiger partial charge in [-0.1, -0.05) is 6.92 Å². The highest BCUT2D eigenvalue weighted by atomic mass is 19.1. The molecular formula is C12H17F2N. The molecule has 1 aromatic carbocycles. The molecule has 1 unspecified atom stereocenters. The number of nitrogens with two attached hydrogens (primary N) is 1. The molecule has 0 radical (unpaired) electrons.